The van der Waals surface area contributed by atoms with Crippen LogP contribution >= 0.6 is 0 Å². The average Bonchev–Trinajstić information content (AvgIpc) is 2.42. The molecule has 6 heteroatoms. The molecule has 2 heterocycles. The van der Waals surface area contributed by atoms with Gasteiger partial charge in [0.05, 0.1) is 16.0 Å². The van der Waals surface area contributed by atoms with Gasteiger partial charge in [-0.2, -0.15) is 0 Å². The van der Waals surface area contributed by atoms with Gasteiger partial charge in [-0.15, -0.1) is 0 Å². The lowest BCUT2D eigenvalue weighted by molar-refractivity contribution is -0.445. The molecular weight excluding hydrogens is 208 g/mol. The van der Waals surface area contributed by atoms with Crippen LogP contribution in [0.1, 0.15) is 27.2 Å². The lowest BCUT2D eigenvalue weighted by atomic mass is 9.77. The van der Waals surface area contributed by atoms with Crippen LogP contribution in [-0.2, 0) is 0 Å². The fourth-order valence-electron chi connectivity index (χ4n) is 3.08. The second-order valence-corrected chi connectivity index (χ2v) is 5.40. The van der Waals surface area contributed by atoms with Gasteiger partial charge in [0, 0.05) is 13.1 Å². The highest BCUT2D eigenvalue weighted by Crippen LogP contribution is 2.44. The fraction of sp³-hybridized carbons (Fsp3) is 0.800. The van der Waals surface area contributed by atoms with E-state index in [9.17, 15) is 10.1 Å². The average molecular weight is 226 g/mol. The van der Waals surface area contributed by atoms with E-state index in [2.05, 4.69) is 5.32 Å². The van der Waals surface area contributed by atoms with E-state index < -0.39 is 5.41 Å². The number of allylic oxidation sites excluding steroid dienone is 1. The van der Waals surface area contributed by atoms with Crippen LogP contribution in [0.4, 0.5) is 0 Å². The molecule has 0 aromatic heterocycles. The minimum absolute atomic E-state index is 0.147. The Kier molecular flexibility index (Phi) is 2.17. The summed E-state index contributed by atoms with van der Waals surface area (Å²) >= 11 is 0. The fourth-order valence-corrected chi connectivity index (χ4v) is 3.08. The third-order valence-corrected chi connectivity index (χ3v) is 3.58. The largest absolute Gasteiger partial charge is 0.380 e. The molecule has 1 fully saturated rings. The highest BCUT2D eigenvalue weighted by molar-refractivity contribution is 5.21. The van der Waals surface area contributed by atoms with E-state index in [1.807, 2.05) is 25.7 Å². The molecule has 0 radical (unpaired) electrons. The summed E-state index contributed by atoms with van der Waals surface area (Å²) in [6.07, 6.45) is 0.691. The Bertz CT molecular complexity index is 377. The van der Waals surface area contributed by atoms with E-state index in [1.165, 1.54) is 0 Å². The molecule has 2 aliphatic rings. The van der Waals surface area contributed by atoms with Crippen LogP contribution in [0.3, 0.4) is 0 Å². The van der Waals surface area contributed by atoms with Gasteiger partial charge in [0.2, 0.25) is 0 Å². The molecule has 0 spiro atoms. The van der Waals surface area contributed by atoms with E-state index in [-0.39, 0.29) is 16.3 Å². The van der Waals surface area contributed by atoms with Crippen LogP contribution in [0.15, 0.2) is 11.5 Å². The summed E-state index contributed by atoms with van der Waals surface area (Å²) in [4.78, 5) is 12.7. The molecule has 0 aliphatic carbocycles. The first-order valence-corrected chi connectivity index (χ1v) is 5.45. The van der Waals surface area contributed by atoms with Crippen LogP contribution < -0.4 is 11.1 Å². The number of nitrogens with zero attached hydrogens (tertiary/aromatic N) is 2. The summed E-state index contributed by atoms with van der Waals surface area (Å²) in [5.74, 6) is 0.314. The Hall–Kier alpha value is -1.30. The van der Waals surface area contributed by atoms with Crippen molar-refractivity contribution in [2.45, 2.75) is 32.9 Å². The van der Waals surface area contributed by atoms with Gasteiger partial charge in [-0.25, -0.2) is 0 Å². The van der Waals surface area contributed by atoms with Crippen molar-refractivity contribution in [2.24, 2.45) is 11.1 Å². The summed E-state index contributed by atoms with van der Waals surface area (Å²) in [5.41, 5.74) is 5.35. The van der Waals surface area contributed by atoms with Gasteiger partial charge in [-0.05, 0) is 27.2 Å². The Morgan fingerprint density at radius 2 is 2.12 bits per heavy atom. The summed E-state index contributed by atoms with van der Waals surface area (Å²) in [5, 5.41) is 14.5. The molecule has 0 bridgehead atoms. The molecular formula is C10H18N4O2. The number of fused-ring (bicyclic) bond motifs is 1. The lowest BCUT2D eigenvalue weighted by Crippen LogP contribution is -2.57. The standard InChI is InChI=1S/C10H18N4O2/c1-9(2)6-10(3)12-4-5-13(10)8(11)7(9)14(15)16/h12H,4-6,11H2,1-3H3. The third-order valence-electron chi connectivity index (χ3n) is 3.58. The first kappa shape index (κ1) is 11.2. The predicted molar refractivity (Wildman–Crippen MR) is 59.7 cm³/mol. The van der Waals surface area contributed by atoms with Gasteiger partial charge in [-0.1, -0.05) is 0 Å². The Morgan fingerprint density at radius 1 is 1.50 bits per heavy atom. The molecule has 0 aromatic carbocycles. The molecule has 1 atom stereocenters. The molecule has 3 N–H and O–H groups in total. The van der Waals surface area contributed by atoms with E-state index in [1.54, 1.807) is 0 Å². The second kappa shape index (κ2) is 3.10. The van der Waals surface area contributed by atoms with Crippen LogP contribution in [0.25, 0.3) is 0 Å². The predicted octanol–water partition coefficient (Wildman–Crippen LogP) is 0.442. The van der Waals surface area contributed by atoms with Crippen molar-refractivity contribution in [2.75, 3.05) is 13.1 Å². The third kappa shape index (κ3) is 1.36. The van der Waals surface area contributed by atoms with Gasteiger partial charge in [-0.3, -0.25) is 15.4 Å². The van der Waals surface area contributed by atoms with Crippen molar-refractivity contribution in [3.8, 4) is 0 Å². The van der Waals surface area contributed by atoms with Crippen LogP contribution in [0.5, 0.6) is 0 Å². The van der Waals surface area contributed by atoms with Gasteiger partial charge in [0.15, 0.2) is 5.82 Å². The van der Waals surface area contributed by atoms with Gasteiger partial charge in [0.1, 0.15) is 0 Å². The van der Waals surface area contributed by atoms with Crippen LogP contribution in [0.2, 0.25) is 0 Å². The van der Waals surface area contributed by atoms with Crippen LogP contribution in [-0.4, -0.2) is 28.6 Å². The number of hydrogen-bond donors (Lipinski definition) is 2. The number of nitro groups is 1. The minimum Gasteiger partial charge on any atom is -0.380 e. The van der Waals surface area contributed by atoms with Crippen molar-refractivity contribution in [3.05, 3.63) is 21.6 Å². The minimum atomic E-state index is -0.504. The zero-order valence-electron chi connectivity index (χ0n) is 9.91. The normalized spacial score (nSPS) is 32.8. The van der Waals surface area contributed by atoms with E-state index in [4.69, 9.17) is 5.73 Å². The van der Waals surface area contributed by atoms with Gasteiger partial charge in [0.25, 0.3) is 5.70 Å². The maximum absolute atomic E-state index is 11.1. The molecule has 90 valence electrons. The van der Waals surface area contributed by atoms with Crippen molar-refractivity contribution < 1.29 is 4.92 Å². The Balaban J connectivity index is 2.53. The lowest BCUT2D eigenvalue weighted by Gasteiger charge is -2.45. The topological polar surface area (TPSA) is 84.4 Å². The maximum Gasteiger partial charge on any atom is 0.291 e. The summed E-state index contributed by atoms with van der Waals surface area (Å²) in [6, 6.07) is 0. The first-order chi connectivity index (χ1) is 7.28. The van der Waals surface area contributed by atoms with E-state index in [0.717, 1.165) is 13.1 Å². The monoisotopic (exact) mass is 226 g/mol. The number of rotatable bonds is 1. The molecule has 6 nitrogen and oxygen atoms in total. The summed E-state index contributed by atoms with van der Waals surface area (Å²) in [7, 11) is 0. The molecule has 1 saturated heterocycles. The molecule has 2 aliphatic heterocycles. The maximum atomic E-state index is 11.1. The van der Waals surface area contributed by atoms with Gasteiger partial charge < -0.3 is 10.6 Å². The zero-order chi connectivity index (χ0) is 12.1. The quantitative estimate of drug-likeness (QED) is 0.500. The van der Waals surface area contributed by atoms with Crippen LogP contribution in [0, 0.1) is 15.5 Å². The highest BCUT2D eigenvalue weighted by Gasteiger charge is 2.52. The second-order valence-electron chi connectivity index (χ2n) is 5.40. The first-order valence-electron chi connectivity index (χ1n) is 5.45. The summed E-state index contributed by atoms with van der Waals surface area (Å²) < 4.78 is 0. The number of hydrogen-bond acceptors (Lipinski definition) is 5. The van der Waals surface area contributed by atoms with E-state index in [0.29, 0.717) is 12.2 Å². The number of nitrogens with two attached hydrogens (primary N) is 1. The van der Waals surface area contributed by atoms with Gasteiger partial charge >= 0.3 is 0 Å². The molecule has 0 amide bonds. The Labute approximate surface area is 94.6 Å². The molecule has 16 heavy (non-hydrogen) atoms. The van der Waals surface area contributed by atoms with E-state index >= 15 is 0 Å². The zero-order valence-corrected chi connectivity index (χ0v) is 9.91. The molecule has 0 aromatic rings. The molecule has 1 unspecified atom stereocenters. The van der Waals surface area contributed by atoms with Crippen molar-refractivity contribution in [3.63, 3.8) is 0 Å². The Morgan fingerprint density at radius 3 is 2.69 bits per heavy atom. The smallest absolute Gasteiger partial charge is 0.291 e. The molecule has 0 saturated carbocycles. The SMILES string of the molecule is CC1(C)CC2(C)NCCN2C(N)=C1[N+](=O)[O-]. The van der Waals surface area contributed by atoms with Crippen molar-refractivity contribution >= 4 is 0 Å². The molecule has 2 rings (SSSR count). The number of nitrogens with one attached hydrogen (secondary N) is 1. The van der Waals surface area contributed by atoms with Crippen molar-refractivity contribution in [1.29, 1.82) is 0 Å². The van der Waals surface area contributed by atoms with Crippen molar-refractivity contribution in [1.82, 2.24) is 10.2 Å². The summed E-state index contributed by atoms with van der Waals surface area (Å²) in [6.45, 7) is 7.35. The highest BCUT2D eigenvalue weighted by atomic mass is 16.6.